The molecule has 0 bridgehead atoms. The van der Waals surface area contributed by atoms with Crippen LogP contribution in [0.4, 0.5) is 0 Å². The van der Waals surface area contributed by atoms with Crippen LogP contribution in [0.15, 0.2) is 0 Å². The molecule has 6 heteroatoms. The molecule has 0 fully saturated rings. The van der Waals surface area contributed by atoms with Crippen LogP contribution in [0.3, 0.4) is 0 Å². The molecule has 22 heavy (non-hydrogen) atoms. The summed E-state index contributed by atoms with van der Waals surface area (Å²) < 4.78 is 33.3. The Morgan fingerprint density at radius 1 is 0.864 bits per heavy atom. The van der Waals surface area contributed by atoms with Crippen LogP contribution in [0.1, 0.15) is 90.9 Å². The van der Waals surface area contributed by atoms with Crippen LogP contribution in [-0.2, 0) is 10.1 Å². The van der Waals surface area contributed by atoms with Crippen molar-refractivity contribution < 1.29 is 69.5 Å². The maximum Gasteiger partial charge on any atom is 1.00 e. The first-order valence-electron chi connectivity index (χ1n) is 8.56. The zero-order chi connectivity index (χ0) is 16.1. The summed E-state index contributed by atoms with van der Waals surface area (Å²) in [5.74, 6) is 0. The fourth-order valence-electron chi connectivity index (χ4n) is 2.62. The van der Waals surface area contributed by atoms with Crippen LogP contribution in [0.25, 0.3) is 0 Å². The van der Waals surface area contributed by atoms with Gasteiger partial charge in [-0.2, -0.15) is 0 Å². The van der Waals surface area contributed by atoms with E-state index >= 15 is 0 Å². The summed E-state index contributed by atoms with van der Waals surface area (Å²) in [5.41, 5.74) is 0. The van der Waals surface area contributed by atoms with Gasteiger partial charge in [-0.05, 0) is 12.8 Å². The van der Waals surface area contributed by atoms with E-state index in [9.17, 15) is 18.1 Å². The van der Waals surface area contributed by atoms with E-state index in [1.807, 2.05) is 0 Å². The molecule has 0 amide bonds. The minimum Gasteiger partial charge on any atom is -0.748 e. The first-order chi connectivity index (χ1) is 9.93. The fraction of sp³-hybridized carbons (Fsp3) is 1.00. The van der Waals surface area contributed by atoms with Crippen LogP contribution in [0.5, 0.6) is 0 Å². The van der Waals surface area contributed by atoms with Gasteiger partial charge in [-0.1, -0.05) is 78.1 Å². The second kappa shape index (κ2) is 16.0. The molecule has 0 aromatic rings. The molecule has 0 saturated heterocycles. The average molecular weight is 361 g/mol. The van der Waals surface area contributed by atoms with Gasteiger partial charge in [-0.15, -0.1) is 0 Å². The van der Waals surface area contributed by atoms with E-state index in [0.717, 1.165) is 12.8 Å². The average Bonchev–Trinajstić information content (AvgIpc) is 2.42. The van der Waals surface area contributed by atoms with E-state index in [1.54, 1.807) is 6.92 Å². The maximum absolute atomic E-state index is 11.1. The van der Waals surface area contributed by atoms with Gasteiger partial charge in [-0.25, -0.2) is 8.42 Å². The molecule has 4 nitrogen and oxygen atoms in total. The summed E-state index contributed by atoms with van der Waals surface area (Å²) in [5, 5.41) is 8.49. The molecule has 2 unspecified atom stereocenters. The quantitative estimate of drug-likeness (QED) is 0.285. The fourth-order valence-corrected chi connectivity index (χ4v) is 3.66. The summed E-state index contributed by atoms with van der Waals surface area (Å²) in [6.07, 6.45) is 11.2. The van der Waals surface area contributed by atoms with Gasteiger partial charge in [0.25, 0.3) is 0 Å². The van der Waals surface area contributed by atoms with Gasteiger partial charge in [0.2, 0.25) is 0 Å². The summed E-state index contributed by atoms with van der Waals surface area (Å²) in [4.78, 5) is 0. The summed E-state index contributed by atoms with van der Waals surface area (Å²) in [6.45, 7) is 3.91. The molecule has 0 aliphatic rings. The van der Waals surface area contributed by atoms with Gasteiger partial charge in [0.05, 0.1) is 11.4 Å². The second-order valence-corrected chi connectivity index (χ2v) is 7.57. The smallest absolute Gasteiger partial charge is 0.748 e. The Balaban J connectivity index is 0. The van der Waals surface area contributed by atoms with Gasteiger partial charge < -0.3 is 9.66 Å². The number of aliphatic hydroxyl groups excluding tert-OH is 1. The largest absolute Gasteiger partial charge is 1.00 e. The molecular formula is C16H33KO4S. The third-order valence-corrected chi connectivity index (χ3v) is 5.35. The van der Waals surface area contributed by atoms with E-state index in [1.165, 1.54) is 44.9 Å². The third-order valence-electron chi connectivity index (χ3n) is 4.06. The zero-order valence-electron chi connectivity index (χ0n) is 14.7. The molecule has 2 atom stereocenters. The Hall–Kier alpha value is 1.51. The second-order valence-electron chi connectivity index (χ2n) is 5.98. The summed E-state index contributed by atoms with van der Waals surface area (Å²) in [6, 6.07) is 0. The molecule has 0 heterocycles. The topological polar surface area (TPSA) is 77.4 Å². The number of hydrogen-bond acceptors (Lipinski definition) is 4. The van der Waals surface area contributed by atoms with Gasteiger partial charge in [0.15, 0.2) is 0 Å². The number of rotatable bonds is 14. The molecule has 0 saturated carbocycles. The van der Waals surface area contributed by atoms with E-state index in [2.05, 4.69) is 6.92 Å². The van der Waals surface area contributed by atoms with Crippen molar-refractivity contribution in [3.8, 4) is 0 Å². The summed E-state index contributed by atoms with van der Waals surface area (Å²) >= 11 is 0. The number of aliphatic hydroxyl groups is 1. The minimum atomic E-state index is -4.39. The van der Waals surface area contributed by atoms with Crippen molar-refractivity contribution >= 4 is 10.1 Å². The molecule has 0 rings (SSSR count). The molecule has 0 spiro atoms. The van der Waals surface area contributed by atoms with Gasteiger partial charge >= 0.3 is 51.4 Å². The standard InChI is InChI=1S/C16H34O4S.K/c1-3-5-6-7-8-9-10-11-12-13-14-16(15(17)4-2)21(18,19)20;/h15-17H,3-14H2,1-2H3,(H,18,19,20);/q;+1/p-1. The molecule has 0 radical (unpaired) electrons. The van der Waals surface area contributed by atoms with Gasteiger partial charge in [-0.3, -0.25) is 0 Å². The molecule has 0 aliphatic heterocycles. The minimum absolute atomic E-state index is 0. The zero-order valence-corrected chi connectivity index (χ0v) is 18.7. The van der Waals surface area contributed by atoms with Crippen LogP contribution < -0.4 is 51.4 Å². The predicted octanol–water partition coefficient (Wildman–Crippen LogP) is 0.986. The van der Waals surface area contributed by atoms with Crippen molar-refractivity contribution in [1.82, 2.24) is 0 Å². The SMILES string of the molecule is CCCCCCCCCCCCC(C(O)CC)S(=O)(=O)[O-].[K+]. The van der Waals surface area contributed by atoms with Crippen LogP contribution >= 0.6 is 0 Å². The normalized spacial score (nSPS) is 14.4. The molecule has 1 N–H and O–H groups in total. The summed E-state index contributed by atoms with van der Waals surface area (Å²) in [7, 11) is -4.39. The Labute approximate surface area is 180 Å². The number of hydrogen-bond donors (Lipinski definition) is 1. The van der Waals surface area contributed by atoms with Crippen molar-refractivity contribution in [1.29, 1.82) is 0 Å². The molecule has 0 aromatic heterocycles. The maximum atomic E-state index is 11.1. The van der Waals surface area contributed by atoms with Crippen molar-refractivity contribution in [3.05, 3.63) is 0 Å². The molecule has 0 aromatic carbocycles. The Bertz CT molecular complexity index is 333. The van der Waals surface area contributed by atoms with Crippen LogP contribution in [0, 0.1) is 0 Å². The molecule has 128 valence electrons. The monoisotopic (exact) mass is 360 g/mol. The van der Waals surface area contributed by atoms with Crippen molar-refractivity contribution in [2.45, 2.75) is 102 Å². The number of unbranched alkanes of at least 4 members (excludes halogenated alkanes) is 9. The first kappa shape index (κ1) is 25.7. The van der Waals surface area contributed by atoms with Crippen LogP contribution in [-0.4, -0.2) is 29.4 Å². The van der Waals surface area contributed by atoms with Gasteiger partial charge in [0.1, 0.15) is 10.1 Å². The molecular weight excluding hydrogens is 327 g/mol. The Kier molecular flexibility index (Phi) is 18.7. The van der Waals surface area contributed by atoms with E-state index < -0.39 is 21.5 Å². The van der Waals surface area contributed by atoms with Gasteiger partial charge in [0, 0.05) is 0 Å². The van der Waals surface area contributed by atoms with E-state index in [-0.39, 0.29) is 57.8 Å². The Morgan fingerprint density at radius 3 is 1.64 bits per heavy atom. The third kappa shape index (κ3) is 13.9. The van der Waals surface area contributed by atoms with E-state index in [0.29, 0.717) is 12.8 Å². The van der Waals surface area contributed by atoms with Crippen molar-refractivity contribution in [3.63, 3.8) is 0 Å². The molecule has 0 aliphatic carbocycles. The first-order valence-corrected chi connectivity index (χ1v) is 10.0. The van der Waals surface area contributed by atoms with E-state index in [4.69, 9.17) is 0 Å². The predicted molar refractivity (Wildman–Crippen MR) is 86.2 cm³/mol. The Morgan fingerprint density at radius 2 is 1.27 bits per heavy atom. The van der Waals surface area contributed by atoms with Crippen molar-refractivity contribution in [2.24, 2.45) is 0 Å². The van der Waals surface area contributed by atoms with Crippen LogP contribution in [0.2, 0.25) is 0 Å². The van der Waals surface area contributed by atoms with Crippen molar-refractivity contribution in [2.75, 3.05) is 0 Å².